The molecule has 0 radical (unpaired) electrons. The van der Waals surface area contributed by atoms with Crippen LogP contribution in [0, 0.1) is 5.92 Å². The van der Waals surface area contributed by atoms with E-state index in [4.69, 9.17) is 4.42 Å². The van der Waals surface area contributed by atoms with E-state index in [9.17, 15) is 9.90 Å². The van der Waals surface area contributed by atoms with Crippen LogP contribution < -0.4 is 4.90 Å². The third-order valence-electron chi connectivity index (χ3n) is 5.19. The Hall–Kier alpha value is -2.45. The molecular formula is C18H23N5O3. The third kappa shape index (κ3) is 3.71. The van der Waals surface area contributed by atoms with Crippen LogP contribution in [-0.4, -0.2) is 76.2 Å². The Morgan fingerprint density at radius 3 is 2.77 bits per heavy atom. The molecule has 1 N–H and O–H groups in total. The number of furan rings is 1. The van der Waals surface area contributed by atoms with Gasteiger partial charge >= 0.3 is 5.97 Å². The molecule has 2 aliphatic rings. The Morgan fingerprint density at radius 1 is 1.19 bits per heavy atom. The van der Waals surface area contributed by atoms with Crippen molar-refractivity contribution in [2.75, 3.05) is 44.2 Å². The molecule has 8 nitrogen and oxygen atoms in total. The highest BCUT2D eigenvalue weighted by molar-refractivity contribution is 5.71. The van der Waals surface area contributed by atoms with Crippen LogP contribution in [0.3, 0.4) is 0 Å². The number of aromatic nitrogens is 2. The van der Waals surface area contributed by atoms with E-state index in [1.807, 2.05) is 11.0 Å². The summed E-state index contributed by atoms with van der Waals surface area (Å²) < 4.78 is 5.17. The molecule has 2 saturated heterocycles. The van der Waals surface area contributed by atoms with Crippen molar-refractivity contribution in [3.63, 3.8) is 0 Å². The Kier molecular flexibility index (Phi) is 4.85. The van der Waals surface area contributed by atoms with Gasteiger partial charge in [0.15, 0.2) is 0 Å². The fourth-order valence-corrected chi connectivity index (χ4v) is 3.87. The highest BCUT2D eigenvalue weighted by atomic mass is 16.4. The van der Waals surface area contributed by atoms with Gasteiger partial charge in [0.2, 0.25) is 5.95 Å². The van der Waals surface area contributed by atoms with Crippen LogP contribution in [0.15, 0.2) is 41.5 Å². The zero-order chi connectivity index (χ0) is 17.9. The molecule has 4 heterocycles. The summed E-state index contributed by atoms with van der Waals surface area (Å²) in [6.45, 7) is 5.28. The first-order valence-electron chi connectivity index (χ1n) is 8.91. The van der Waals surface area contributed by atoms with E-state index in [1.54, 1.807) is 31.0 Å². The summed E-state index contributed by atoms with van der Waals surface area (Å²) in [5.41, 5.74) is 1.17. The number of nitrogens with zero attached hydrogens (tertiary/aromatic N) is 5. The Bertz CT molecular complexity index is 724. The summed E-state index contributed by atoms with van der Waals surface area (Å²) in [5, 5.41) is 9.63. The smallest absolute Gasteiger partial charge is 0.309 e. The second-order valence-corrected chi connectivity index (χ2v) is 7.00. The van der Waals surface area contributed by atoms with E-state index < -0.39 is 11.9 Å². The van der Waals surface area contributed by atoms with Crippen LogP contribution in [0.4, 0.5) is 5.95 Å². The molecule has 2 aromatic heterocycles. The first-order valence-corrected chi connectivity index (χ1v) is 8.91. The second-order valence-electron chi connectivity index (χ2n) is 7.00. The Balaban J connectivity index is 1.51. The predicted molar refractivity (Wildman–Crippen MR) is 94.7 cm³/mol. The highest BCUT2D eigenvalue weighted by Gasteiger charge is 2.37. The maximum atomic E-state index is 11.7. The van der Waals surface area contributed by atoms with Crippen LogP contribution in [0.1, 0.15) is 5.56 Å². The van der Waals surface area contributed by atoms with Crippen molar-refractivity contribution in [3.05, 3.63) is 42.6 Å². The van der Waals surface area contributed by atoms with Gasteiger partial charge in [0.05, 0.1) is 18.4 Å². The van der Waals surface area contributed by atoms with Gasteiger partial charge in [-0.25, -0.2) is 9.97 Å². The summed E-state index contributed by atoms with van der Waals surface area (Å²) >= 11 is 0. The van der Waals surface area contributed by atoms with Crippen molar-refractivity contribution in [1.82, 2.24) is 19.8 Å². The lowest BCUT2D eigenvalue weighted by Gasteiger charge is -2.41. The standard InChI is InChI=1S/C18H23N5O3/c24-17(25)15-9-22-6-5-21(8-14-2-7-26-13-14)11-16(22)12-23(10-15)18-19-3-1-4-20-18/h1-4,7,13,15-16H,5-6,8-12H2,(H,24,25). The largest absolute Gasteiger partial charge is 0.481 e. The molecule has 0 aliphatic carbocycles. The summed E-state index contributed by atoms with van der Waals surface area (Å²) in [6, 6.07) is 4.02. The number of rotatable bonds is 4. The molecule has 2 aliphatic heterocycles. The van der Waals surface area contributed by atoms with E-state index in [2.05, 4.69) is 19.8 Å². The van der Waals surface area contributed by atoms with E-state index in [1.165, 1.54) is 5.56 Å². The third-order valence-corrected chi connectivity index (χ3v) is 5.19. The minimum absolute atomic E-state index is 0.254. The van der Waals surface area contributed by atoms with Gasteiger partial charge in [-0.05, 0) is 12.1 Å². The van der Waals surface area contributed by atoms with Crippen LogP contribution in [0.5, 0.6) is 0 Å². The van der Waals surface area contributed by atoms with Gasteiger partial charge in [-0.15, -0.1) is 0 Å². The average molecular weight is 357 g/mol. The summed E-state index contributed by atoms with van der Waals surface area (Å²) in [6.07, 6.45) is 6.88. The molecule has 8 heteroatoms. The molecule has 0 bridgehead atoms. The Labute approximate surface area is 152 Å². The maximum Gasteiger partial charge on any atom is 0.309 e. The predicted octanol–water partition coefficient (Wildman–Crippen LogP) is 0.777. The summed E-state index contributed by atoms with van der Waals surface area (Å²) in [7, 11) is 0. The maximum absolute atomic E-state index is 11.7. The molecule has 0 aromatic carbocycles. The zero-order valence-corrected chi connectivity index (χ0v) is 14.6. The molecule has 26 heavy (non-hydrogen) atoms. The molecular weight excluding hydrogens is 334 g/mol. The number of hydrogen-bond acceptors (Lipinski definition) is 7. The summed E-state index contributed by atoms with van der Waals surface area (Å²) in [5.74, 6) is -0.593. The number of carbonyl (C=O) groups is 1. The number of anilines is 1. The number of carboxylic acids is 1. The van der Waals surface area contributed by atoms with Crippen molar-refractivity contribution in [3.8, 4) is 0 Å². The number of aliphatic carboxylic acids is 1. The van der Waals surface area contributed by atoms with Crippen molar-refractivity contribution in [2.45, 2.75) is 12.6 Å². The van der Waals surface area contributed by atoms with Crippen LogP contribution >= 0.6 is 0 Å². The topological polar surface area (TPSA) is 85.9 Å². The van der Waals surface area contributed by atoms with Crippen molar-refractivity contribution < 1.29 is 14.3 Å². The fourth-order valence-electron chi connectivity index (χ4n) is 3.87. The van der Waals surface area contributed by atoms with Crippen LogP contribution in [0.25, 0.3) is 0 Å². The SMILES string of the molecule is O=C(O)C1CN(c2ncccn2)CC2CN(Cc3ccoc3)CCN2C1. The molecule has 138 valence electrons. The van der Waals surface area contributed by atoms with Crippen molar-refractivity contribution in [1.29, 1.82) is 0 Å². The van der Waals surface area contributed by atoms with Gasteiger partial charge in [-0.3, -0.25) is 14.6 Å². The van der Waals surface area contributed by atoms with Gasteiger partial charge in [-0.1, -0.05) is 0 Å². The van der Waals surface area contributed by atoms with E-state index >= 15 is 0 Å². The first-order chi connectivity index (χ1) is 12.7. The number of carboxylic acid groups (broad SMARTS) is 1. The monoisotopic (exact) mass is 357 g/mol. The van der Waals surface area contributed by atoms with Gasteiger partial charge in [0.1, 0.15) is 0 Å². The van der Waals surface area contributed by atoms with Crippen molar-refractivity contribution >= 4 is 11.9 Å². The van der Waals surface area contributed by atoms with E-state index in [0.717, 1.165) is 32.7 Å². The fraction of sp³-hybridized carbons (Fsp3) is 0.500. The van der Waals surface area contributed by atoms with E-state index in [0.29, 0.717) is 19.0 Å². The minimum Gasteiger partial charge on any atom is -0.481 e. The average Bonchev–Trinajstić information content (AvgIpc) is 3.07. The van der Waals surface area contributed by atoms with Crippen LogP contribution in [0.2, 0.25) is 0 Å². The lowest BCUT2D eigenvalue weighted by Crippen LogP contribution is -2.55. The highest BCUT2D eigenvalue weighted by Crippen LogP contribution is 2.22. The zero-order valence-electron chi connectivity index (χ0n) is 14.6. The van der Waals surface area contributed by atoms with Gasteiger partial charge in [0, 0.05) is 69.8 Å². The number of piperazine rings is 1. The van der Waals surface area contributed by atoms with Gasteiger partial charge in [-0.2, -0.15) is 0 Å². The molecule has 2 aromatic rings. The first kappa shape index (κ1) is 17.0. The molecule has 0 amide bonds. The minimum atomic E-state index is -0.757. The number of fused-ring (bicyclic) bond motifs is 1. The molecule has 2 atom stereocenters. The quantitative estimate of drug-likeness (QED) is 0.859. The summed E-state index contributed by atoms with van der Waals surface area (Å²) in [4.78, 5) is 27.1. The lowest BCUT2D eigenvalue weighted by atomic mass is 10.1. The van der Waals surface area contributed by atoms with Crippen molar-refractivity contribution in [2.24, 2.45) is 5.92 Å². The molecule has 4 rings (SSSR count). The molecule has 0 saturated carbocycles. The Morgan fingerprint density at radius 2 is 2.04 bits per heavy atom. The number of hydrogen-bond donors (Lipinski definition) is 1. The van der Waals surface area contributed by atoms with Gasteiger partial charge < -0.3 is 14.4 Å². The second kappa shape index (κ2) is 7.43. The molecule has 0 spiro atoms. The molecule has 2 fully saturated rings. The lowest BCUT2D eigenvalue weighted by molar-refractivity contribution is -0.142. The normalized spacial score (nSPS) is 24.8. The van der Waals surface area contributed by atoms with E-state index in [-0.39, 0.29) is 6.04 Å². The molecule has 2 unspecified atom stereocenters. The van der Waals surface area contributed by atoms with Crippen LogP contribution in [-0.2, 0) is 11.3 Å². The van der Waals surface area contributed by atoms with Gasteiger partial charge in [0.25, 0.3) is 0 Å².